The molecule has 4 N–H and O–H groups in total. The molecule has 0 aliphatic rings. The largest absolute Gasteiger partial charge is 0.389 e. The average Bonchev–Trinajstić information content (AvgIpc) is 2.72. The Morgan fingerprint density at radius 2 is 2.05 bits per heavy atom. The minimum atomic E-state index is -0.306. The molecule has 0 aliphatic heterocycles. The van der Waals surface area contributed by atoms with Crippen molar-refractivity contribution < 1.29 is 4.79 Å². The van der Waals surface area contributed by atoms with Crippen LogP contribution in [0.1, 0.15) is 20.8 Å². The predicted molar refractivity (Wildman–Crippen MR) is 75.7 cm³/mol. The molecule has 0 bridgehead atoms. The molecule has 0 fully saturated rings. The lowest BCUT2D eigenvalue weighted by atomic mass is 10.2. The minimum Gasteiger partial charge on any atom is -0.389 e. The number of nitrogens with zero attached hydrogens (tertiary/aromatic N) is 1. The number of hydrazine groups is 1. The first-order chi connectivity index (χ1) is 9.13. The third-order valence-electron chi connectivity index (χ3n) is 2.59. The highest BCUT2D eigenvalue weighted by Crippen LogP contribution is 2.29. The van der Waals surface area contributed by atoms with Gasteiger partial charge in [0.05, 0.1) is 16.1 Å². The van der Waals surface area contributed by atoms with Crippen LogP contribution in [-0.4, -0.2) is 5.91 Å². The van der Waals surface area contributed by atoms with Crippen LogP contribution in [-0.2, 0) is 0 Å². The van der Waals surface area contributed by atoms with Gasteiger partial charge in [-0.3, -0.25) is 15.6 Å². The molecule has 5 nitrogen and oxygen atoms in total. The van der Waals surface area contributed by atoms with Crippen LogP contribution in [0.2, 0.25) is 0 Å². The van der Waals surface area contributed by atoms with Gasteiger partial charge in [0.2, 0.25) is 0 Å². The summed E-state index contributed by atoms with van der Waals surface area (Å²) in [5.41, 5.74) is 12.8. The fourth-order valence-electron chi connectivity index (χ4n) is 1.60. The van der Waals surface area contributed by atoms with Crippen molar-refractivity contribution in [3.8, 4) is 6.07 Å². The zero-order chi connectivity index (χ0) is 13.8. The van der Waals surface area contributed by atoms with E-state index in [-0.39, 0.29) is 5.91 Å². The molecule has 19 heavy (non-hydrogen) atoms. The van der Waals surface area contributed by atoms with Crippen molar-refractivity contribution in [3.63, 3.8) is 0 Å². The first kappa shape index (κ1) is 12.9. The Balaban J connectivity index is 2.11. The molecule has 2 aromatic rings. The molecule has 0 aliphatic carbocycles. The van der Waals surface area contributed by atoms with E-state index in [1.165, 1.54) is 0 Å². The Hall–Kier alpha value is -2.52. The number of nitrogen functional groups attached to an aromatic ring is 1. The Morgan fingerprint density at radius 3 is 2.63 bits per heavy atom. The van der Waals surface area contributed by atoms with Gasteiger partial charge in [0.15, 0.2) is 0 Å². The Kier molecular flexibility index (Phi) is 3.68. The summed E-state index contributed by atoms with van der Waals surface area (Å²) in [5, 5.41) is 9.30. The molecule has 0 atom stereocenters. The Bertz CT molecular complexity index is 643. The van der Waals surface area contributed by atoms with Crippen LogP contribution in [0.15, 0.2) is 30.3 Å². The molecule has 1 aromatic heterocycles. The van der Waals surface area contributed by atoms with E-state index in [1.54, 1.807) is 6.92 Å². The highest BCUT2D eigenvalue weighted by atomic mass is 32.1. The summed E-state index contributed by atoms with van der Waals surface area (Å²) in [6, 6.07) is 11.3. The summed E-state index contributed by atoms with van der Waals surface area (Å²) in [5.74, 6) is -0.306. The van der Waals surface area contributed by atoms with Gasteiger partial charge in [0.25, 0.3) is 5.91 Å². The number of benzene rings is 1. The van der Waals surface area contributed by atoms with Crippen molar-refractivity contribution in [1.82, 2.24) is 5.43 Å². The van der Waals surface area contributed by atoms with E-state index < -0.39 is 0 Å². The highest BCUT2D eigenvalue weighted by Gasteiger charge is 2.18. The van der Waals surface area contributed by atoms with E-state index in [4.69, 9.17) is 11.0 Å². The molecule has 0 saturated heterocycles. The van der Waals surface area contributed by atoms with Crippen LogP contribution >= 0.6 is 11.3 Å². The number of rotatable bonds is 3. The van der Waals surface area contributed by atoms with Gasteiger partial charge in [-0.05, 0) is 24.6 Å². The van der Waals surface area contributed by atoms with E-state index in [0.29, 0.717) is 21.0 Å². The van der Waals surface area contributed by atoms with Crippen molar-refractivity contribution in [3.05, 3.63) is 46.3 Å². The van der Waals surface area contributed by atoms with Crippen LogP contribution in [0.3, 0.4) is 0 Å². The standard InChI is InChI=1S/C13H12N4OS/c1-8-10(7-14)12(15)19-11(8)13(18)17-16-9-5-3-2-4-6-9/h2-6,16H,15H2,1H3,(H,17,18). The molecule has 0 spiro atoms. The molecule has 0 saturated carbocycles. The van der Waals surface area contributed by atoms with Crippen molar-refractivity contribution >= 4 is 27.9 Å². The monoisotopic (exact) mass is 272 g/mol. The third-order valence-corrected chi connectivity index (χ3v) is 3.71. The Labute approximate surface area is 114 Å². The van der Waals surface area contributed by atoms with Gasteiger partial charge < -0.3 is 5.73 Å². The number of hydrogen-bond acceptors (Lipinski definition) is 5. The first-order valence-electron chi connectivity index (χ1n) is 5.54. The molecule has 1 heterocycles. The van der Waals surface area contributed by atoms with Crippen LogP contribution in [0.4, 0.5) is 10.7 Å². The van der Waals surface area contributed by atoms with E-state index in [0.717, 1.165) is 17.0 Å². The number of nitrogens with two attached hydrogens (primary N) is 1. The molecule has 0 radical (unpaired) electrons. The second-order valence-electron chi connectivity index (χ2n) is 3.85. The van der Waals surface area contributed by atoms with Crippen molar-refractivity contribution in [1.29, 1.82) is 5.26 Å². The minimum absolute atomic E-state index is 0.306. The smallest absolute Gasteiger partial charge is 0.280 e. The molecule has 96 valence electrons. The fourth-order valence-corrected chi connectivity index (χ4v) is 2.52. The third kappa shape index (κ3) is 2.67. The predicted octanol–water partition coefficient (Wildman–Crippen LogP) is 2.27. The fraction of sp³-hybridized carbons (Fsp3) is 0.0769. The summed E-state index contributed by atoms with van der Waals surface area (Å²) in [6.45, 7) is 1.71. The maximum Gasteiger partial charge on any atom is 0.280 e. The average molecular weight is 272 g/mol. The summed E-state index contributed by atoms with van der Waals surface area (Å²) in [4.78, 5) is 12.4. The van der Waals surface area contributed by atoms with Crippen molar-refractivity contribution in [2.24, 2.45) is 0 Å². The lowest BCUT2D eigenvalue weighted by molar-refractivity contribution is 0.0966. The molecule has 6 heteroatoms. The first-order valence-corrected chi connectivity index (χ1v) is 6.35. The van der Waals surface area contributed by atoms with E-state index in [2.05, 4.69) is 10.9 Å². The maximum atomic E-state index is 12.0. The molecule has 0 unspecified atom stereocenters. The highest BCUT2D eigenvalue weighted by molar-refractivity contribution is 7.18. The van der Waals surface area contributed by atoms with Crippen molar-refractivity contribution in [2.75, 3.05) is 11.2 Å². The SMILES string of the molecule is Cc1c(C(=O)NNc2ccccc2)sc(N)c1C#N. The molecular weight excluding hydrogens is 260 g/mol. The van der Waals surface area contributed by atoms with E-state index in [9.17, 15) is 4.79 Å². The zero-order valence-corrected chi connectivity index (χ0v) is 11.0. The number of thiophene rings is 1. The summed E-state index contributed by atoms with van der Waals surface area (Å²) in [7, 11) is 0. The number of anilines is 2. The van der Waals surface area contributed by atoms with Gasteiger partial charge in [0.1, 0.15) is 11.1 Å². The number of carbonyl (C=O) groups is 1. The van der Waals surface area contributed by atoms with Gasteiger partial charge in [-0.1, -0.05) is 18.2 Å². The van der Waals surface area contributed by atoms with E-state index >= 15 is 0 Å². The molecule has 1 amide bonds. The Morgan fingerprint density at radius 1 is 1.37 bits per heavy atom. The topological polar surface area (TPSA) is 90.9 Å². The van der Waals surface area contributed by atoms with Crippen LogP contribution in [0, 0.1) is 18.3 Å². The molecular formula is C13H12N4OS. The van der Waals surface area contributed by atoms with Crippen LogP contribution < -0.4 is 16.6 Å². The number of carbonyl (C=O) groups excluding carboxylic acids is 1. The number of hydrogen-bond donors (Lipinski definition) is 3. The van der Waals surface area contributed by atoms with Crippen molar-refractivity contribution in [2.45, 2.75) is 6.92 Å². The summed E-state index contributed by atoms with van der Waals surface area (Å²) < 4.78 is 0. The zero-order valence-electron chi connectivity index (χ0n) is 10.2. The number of para-hydroxylation sites is 1. The van der Waals surface area contributed by atoms with Crippen LogP contribution in [0.25, 0.3) is 0 Å². The number of nitrogens with one attached hydrogen (secondary N) is 2. The lowest BCUT2D eigenvalue weighted by Gasteiger charge is -2.07. The second kappa shape index (κ2) is 5.42. The van der Waals surface area contributed by atoms with Gasteiger partial charge >= 0.3 is 0 Å². The van der Waals surface area contributed by atoms with Gasteiger partial charge in [0, 0.05) is 0 Å². The lowest BCUT2D eigenvalue weighted by Crippen LogP contribution is -2.29. The van der Waals surface area contributed by atoms with Gasteiger partial charge in [-0.2, -0.15) is 5.26 Å². The summed E-state index contributed by atoms with van der Waals surface area (Å²) in [6.07, 6.45) is 0. The van der Waals surface area contributed by atoms with Crippen LogP contribution in [0.5, 0.6) is 0 Å². The second-order valence-corrected chi connectivity index (χ2v) is 4.90. The number of amides is 1. The normalized spacial score (nSPS) is 9.68. The molecule has 1 aromatic carbocycles. The van der Waals surface area contributed by atoms with E-state index in [1.807, 2.05) is 36.4 Å². The summed E-state index contributed by atoms with van der Waals surface area (Å²) >= 11 is 1.11. The molecule has 2 rings (SSSR count). The van der Waals surface area contributed by atoms with Gasteiger partial charge in [-0.25, -0.2) is 0 Å². The maximum absolute atomic E-state index is 12.0. The number of nitriles is 1. The quantitative estimate of drug-likeness (QED) is 0.747. The van der Waals surface area contributed by atoms with Gasteiger partial charge in [-0.15, -0.1) is 11.3 Å².